The van der Waals surface area contributed by atoms with Crippen molar-refractivity contribution in [1.82, 2.24) is 0 Å². The molecule has 1 nitrogen and oxygen atoms in total. The van der Waals surface area contributed by atoms with E-state index in [4.69, 9.17) is 5.73 Å². The molecule has 0 aliphatic rings. The topological polar surface area (TPSA) is 26.0 Å². The minimum atomic E-state index is 0.868. The van der Waals surface area contributed by atoms with Crippen molar-refractivity contribution < 1.29 is 0 Å². The van der Waals surface area contributed by atoms with E-state index in [1.807, 2.05) is 17.5 Å². The predicted octanol–water partition coefficient (Wildman–Crippen LogP) is 3.38. The van der Waals surface area contributed by atoms with E-state index >= 15 is 0 Å². The largest absolute Gasteiger partial charge is 0.398 e. The average molecular weight is 307 g/mol. The van der Waals surface area contributed by atoms with E-state index in [0.717, 1.165) is 10.6 Å². The summed E-state index contributed by atoms with van der Waals surface area (Å²) in [5.41, 5.74) is 6.68. The van der Waals surface area contributed by atoms with Gasteiger partial charge in [-0.15, -0.1) is 24.0 Å². The summed E-state index contributed by atoms with van der Waals surface area (Å²) in [6, 6.07) is 4.07. The summed E-state index contributed by atoms with van der Waals surface area (Å²) in [5, 5.41) is 3.14. The van der Waals surface area contributed by atoms with Gasteiger partial charge in [0.15, 0.2) is 0 Å². The van der Waals surface area contributed by atoms with Crippen LogP contribution in [0.4, 0.5) is 5.69 Å². The molecular weight excluding hydrogens is 301 g/mol. The SMILES string of the molecule is Nc1csc2cc(S)cc(I)c12. The number of benzene rings is 1. The van der Waals surface area contributed by atoms with Crippen molar-refractivity contribution in [3.05, 3.63) is 21.1 Å². The van der Waals surface area contributed by atoms with Crippen LogP contribution in [0, 0.1) is 3.57 Å². The van der Waals surface area contributed by atoms with Gasteiger partial charge in [0.25, 0.3) is 0 Å². The van der Waals surface area contributed by atoms with Crippen molar-refractivity contribution in [2.45, 2.75) is 4.90 Å². The molecule has 0 radical (unpaired) electrons. The lowest BCUT2D eigenvalue weighted by Gasteiger charge is -1.97. The van der Waals surface area contributed by atoms with Crippen molar-refractivity contribution in [2.75, 3.05) is 5.73 Å². The second-order valence-corrected chi connectivity index (χ2v) is 5.08. The maximum atomic E-state index is 5.81. The molecule has 1 aromatic heterocycles. The van der Waals surface area contributed by atoms with Crippen LogP contribution >= 0.6 is 46.6 Å². The van der Waals surface area contributed by atoms with Crippen LogP contribution in [-0.2, 0) is 0 Å². The number of hydrogen-bond acceptors (Lipinski definition) is 3. The fraction of sp³-hybridized carbons (Fsp3) is 0. The Kier molecular flexibility index (Phi) is 2.22. The fourth-order valence-electron chi connectivity index (χ4n) is 1.13. The van der Waals surface area contributed by atoms with Gasteiger partial charge in [0.1, 0.15) is 0 Å². The molecule has 2 rings (SSSR count). The number of thiol groups is 1. The average Bonchev–Trinajstić information content (AvgIpc) is 2.31. The monoisotopic (exact) mass is 307 g/mol. The van der Waals surface area contributed by atoms with Crippen molar-refractivity contribution in [1.29, 1.82) is 0 Å². The third kappa shape index (κ3) is 1.31. The van der Waals surface area contributed by atoms with Crippen molar-refractivity contribution in [2.24, 2.45) is 0 Å². The van der Waals surface area contributed by atoms with E-state index in [2.05, 4.69) is 35.2 Å². The van der Waals surface area contributed by atoms with Crippen molar-refractivity contribution >= 4 is 62.3 Å². The van der Waals surface area contributed by atoms with Gasteiger partial charge in [0, 0.05) is 23.9 Å². The zero-order chi connectivity index (χ0) is 8.72. The third-order valence-corrected chi connectivity index (χ3v) is 3.70. The second-order valence-electron chi connectivity index (χ2n) is 2.49. The maximum Gasteiger partial charge on any atom is 0.0513 e. The van der Waals surface area contributed by atoms with Gasteiger partial charge < -0.3 is 5.73 Å². The molecule has 0 aliphatic heterocycles. The van der Waals surface area contributed by atoms with Gasteiger partial charge in [-0.05, 0) is 34.7 Å². The summed E-state index contributed by atoms with van der Waals surface area (Å²) in [6.45, 7) is 0. The first-order valence-corrected chi connectivity index (χ1v) is 5.74. The summed E-state index contributed by atoms with van der Waals surface area (Å²) in [6.07, 6.45) is 0. The molecule has 12 heavy (non-hydrogen) atoms. The highest BCUT2D eigenvalue weighted by Gasteiger charge is 2.05. The molecule has 2 N–H and O–H groups in total. The number of hydrogen-bond donors (Lipinski definition) is 2. The highest BCUT2D eigenvalue weighted by atomic mass is 127. The molecule has 0 fully saturated rings. The van der Waals surface area contributed by atoms with Crippen LogP contribution in [0.3, 0.4) is 0 Å². The zero-order valence-electron chi connectivity index (χ0n) is 6.04. The summed E-state index contributed by atoms with van der Waals surface area (Å²) in [7, 11) is 0. The Morgan fingerprint density at radius 2 is 2.17 bits per heavy atom. The first kappa shape index (κ1) is 8.65. The molecule has 0 aliphatic carbocycles. The minimum Gasteiger partial charge on any atom is -0.398 e. The smallest absolute Gasteiger partial charge is 0.0513 e. The number of thiophene rings is 1. The Bertz CT molecular complexity index is 436. The van der Waals surface area contributed by atoms with E-state index in [-0.39, 0.29) is 0 Å². The summed E-state index contributed by atoms with van der Waals surface area (Å²) >= 11 is 8.25. The van der Waals surface area contributed by atoms with Gasteiger partial charge >= 0.3 is 0 Å². The molecule has 4 heteroatoms. The van der Waals surface area contributed by atoms with E-state index in [1.165, 1.54) is 13.7 Å². The molecule has 62 valence electrons. The van der Waals surface area contributed by atoms with Crippen molar-refractivity contribution in [3.63, 3.8) is 0 Å². The fourth-order valence-corrected chi connectivity index (χ4v) is 3.75. The standard InChI is InChI=1S/C8H6INS2/c9-5-1-4(11)2-7-8(5)6(10)3-12-7/h1-3,11H,10H2. The molecule has 0 saturated carbocycles. The summed E-state index contributed by atoms with van der Waals surface area (Å²) in [5.74, 6) is 0. The van der Waals surface area contributed by atoms with Crippen LogP contribution in [0.2, 0.25) is 0 Å². The Balaban J connectivity index is 2.93. The van der Waals surface area contributed by atoms with E-state index in [1.54, 1.807) is 11.3 Å². The summed E-state index contributed by atoms with van der Waals surface area (Å²) < 4.78 is 2.39. The molecule has 0 bridgehead atoms. The Hall–Kier alpha value is 0.0600. The first-order chi connectivity index (χ1) is 5.68. The zero-order valence-corrected chi connectivity index (χ0v) is 9.91. The Morgan fingerprint density at radius 3 is 2.92 bits per heavy atom. The molecule has 0 amide bonds. The first-order valence-electron chi connectivity index (χ1n) is 3.33. The maximum absolute atomic E-state index is 5.81. The third-order valence-electron chi connectivity index (χ3n) is 1.64. The number of nitrogen functional groups attached to an aromatic ring is 1. The molecule has 2 aromatic rings. The van der Waals surface area contributed by atoms with Gasteiger partial charge in [-0.25, -0.2) is 0 Å². The molecule has 0 atom stereocenters. The Labute approximate surface area is 93.5 Å². The Morgan fingerprint density at radius 1 is 1.42 bits per heavy atom. The minimum absolute atomic E-state index is 0.868. The lowest BCUT2D eigenvalue weighted by Crippen LogP contribution is -1.83. The van der Waals surface area contributed by atoms with Gasteiger partial charge in [0.2, 0.25) is 0 Å². The van der Waals surface area contributed by atoms with Crippen molar-refractivity contribution in [3.8, 4) is 0 Å². The normalized spacial score (nSPS) is 10.8. The van der Waals surface area contributed by atoms with Crippen LogP contribution in [0.1, 0.15) is 0 Å². The predicted molar refractivity (Wildman–Crippen MR) is 66.2 cm³/mol. The molecule has 0 saturated heterocycles. The molecular formula is C8H6INS2. The van der Waals surface area contributed by atoms with Gasteiger partial charge in [0.05, 0.1) is 5.69 Å². The summed E-state index contributed by atoms with van der Waals surface area (Å²) in [4.78, 5) is 0.994. The van der Waals surface area contributed by atoms with E-state index in [9.17, 15) is 0 Å². The van der Waals surface area contributed by atoms with E-state index < -0.39 is 0 Å². The number of rotatable bonds is 0. The lowest BCUT2D eigenvalue weighted by molar-refractivity contribution is 1.52. The second kappa shape index (κ2) is 3.08. The number of halogens is 1. The molecule has 0 spiro atoms. The molecule has 1 aromatic carbocycles. The highest BCUT2D eigenvalue weighted by Crippen LogP contribution is 2.33. The van der Waals surface area contributed by atoms with Crippen LogP contribution in [0.15, 0.2) is 22.4 Å². The van der Waals surface area contributed by atoms with Crippen LogP contribution in [0.25, 0.3) is 10.1 Å². The van der Waals surface area contributed by atoms with Crippen LogP contribution in [-0.4, -0.2) is 0 Å². The van der Waals surface area contributed by atoms with E-state index in [0.29, 0.717) is 0 Å². The molecule has 0 unspecified atom stereocenters. The highest BCUT2D eigenvalue weighted by molar-refractivity contribution is 14.1. The van der Waals surface area contributed by atoms with Gasteiger partial charge in [-0.1, -0.05) is 0 Å². The lowest BCUT2D eigenvalue weighted by atomic mass is 10.2. The van der Waals surface area contributed by atoms with Gasteiger partial charge in [-0.2, -0.15) is 0 Å². The quantitative estimate of drug-likeness (QED) is 0.566. The van der Waals surface area contributed by atoms with Crippen LogP contribution in [0.5, 0.6) is 0 Å². The van der Waals surface area contributed by atoms with Gasteiger partial charge in [-0.3, -0.25) is 0 Å². The number of fused-ring (bicyclic) bond motifs is 1. The van der Waals surface area contributed by atoms with Crippen LogP contribution < -0.4 is 5.73 Å². The molecule has 1 heterocycles. The number of anilines is 1. The number of nitrogens with two attached hydrogens (primary N) is 1.